The van der Waals surface area contributed by atoms with Crippen LogP contribution >= 0.6 is 34.8 Å². The fraction of sp³-hybridized carbons (Fsp3) is 0.0714. The molecular weight excluding hydrogens is 305 g/mol. The molecule has 2 N–H and O–H groups in total. The van der Waals surface area contributed by atoms with Crippen molar-refractivity contribution in [3.63, 3.8) is 0 Å². The molecule has 2 aromatic carbocycles. The van der Waals surface area contributed by atoms with Gasteiger partial charge in [0.25, 0.3) is 0 Å². The first-order chi connectivity index (χ1) is 8.99. The zero-order valence-corrected chi connectivity index (χ0v) is 12.1. The third kappa shape index (κ3) is 3.21. The number of carbonyl (C=O) groups is 1. The quantitative estimate of drug-likeness (QED) is 0.661. The summed E-state index contributed by atoms with van der Waals surface area (Å²) >= 11 is 17.8. The molecule has 0 saturated heterocycles. The fourth-order valence-electron chi connectivity index (χ4n) is 1.68. The Morgan fingerprint density at radius 3 is 2.47 bits per heavy atom. The molecule has 0 radical (unpaired) electrons. The summed E-state index contributed by atoms with van der Waals surface area (Å²) in [4.78, 5) is 12.1. The molecule has 0 aliphatic rings. The van der Waals surface area contributed by atoms with Gasteiger partial charge in [-0.15, -0.1) is 0 Å². The van der Waals surface area contributed by atoms with E-state index in [4.69, 9.17) is 40.5 Å². The first-order valence-electron chi connectivity index (χ1n) is 5.50. The molecule has 0 bridgehead atoms. The Morgan fingerprint density at radius 1 is 1.05 bits per heavy atom. The van der Waals surface area contributed by atoms with Crippen LogP contribution in [0.25, 0.3) is 0 Å². The SMILES string of the molecule is Nc1cc(C(=O)Cc2cccc(Cl)c2Cl)ccc1Cl. The summed E-state index contributed by atoms with van der Waals surface area (Å²) in [5, 5.41) is 1.26. The summed E-state index contributed by atoms with van der Waals surface area (Å²) in [6.07, 6.45) is 0.167. The highest BCUT2D eigenvalue weighted by molar-refractivity contribution is 6.42. The van der Waals surface area contributed by atoms with Gasteiger partial charge < -0.3 is 5.73 Å². The maximum absolute atomic E-state index is 12.1. The van der Waals surface area contributed by atoms with E-state index in [9.17, 15) is 4.79 Å². The predicted molar refractivity (Wildman–Crippen MR) is 80.4 cm³/mol. The molecular formula is C14H10Cl3NO. The van der Waals surface area contributed by atoms with E-state index in [1.807, 2.05) is 0 Å². The van der Waals surface area contributed by atoms with Crippen molar-refractivity contribution in [1.29, 1.82) is 0 Å². The van der Waals surface area contributed by atoms with Crippen molar-refractivity contribution in [2.45, 2.75) is 6.42 Å². The highest BCUT2D eigenvalue weighted by Gasteiger charge is 2.12. The lowest BCUT2D eigenvalue weighted by molar-refractivity contribution is 0.0993. The first-order valence-corrected chi connectivity index (χ1v) is 6.63. The van der Waals surface area contributed by atoms with Crippen molar-refractivity contribution in [3.8, 4) is 0 Å². The van der Waals surface area contributed by atoms with Gasteiger partial charge >= 0.3 is 0 Å². The van der Waals surface area contributed by atoms with Gasteiger partial charge in [0.1, 0.15) is 0 Å². The van der Waals surface area contributed by atoms with Gasteiger partial charge in [0.2, 0.25) is 0 Å². The lowest BCUT2D eigenvalue weighted by atomic mass is 10.0. The fourth-order valence-corrected chi connectivity index (χ4v) is 2.18. The van der Waals surface area contributed by atoms with Crippen LogP contribution in [0.3, 0.4) is 0 Å². The lowest BCUT2D eigenvalue weighted by Gasteiger charge is -2.06. The van der Waals surface area contributed by atoms with Crippen molar-refractivity contribution in [2.24, 2.45) is 0 Å². The topological polar surface area (TPSA) is 43.1 Å². The average Bonchev–Trinajstić information content (AvgIpc) is 2.38. The van der Waals surface area contributed by atoms with Crippen LogP contribution in [0.5, 0.6) is 0 Å². The van der Waals surface area contributed by atoms with Crippen LogP contribution in [-0.4, -0.2) is 5.78 Å². The smallest absolute Gasteiger partial charge is 0.167 e. The molecule has 0 fully saturated rings. The van der Waals surface area contributed by atoms with Gasteiger partial charge in [-0.2, -0.15) is 0 Å². The first kappa shape index (κ1) is 14.2. The van der Waals surface area contributed by atoms with Crippen molar-refractivity contribution in [1.82, 2.24) is 0 Å². The monoisotopic (exact) mass is 313 g/mol. The summed E-state index contributed by atoms with van der Waals surface area (Å²) in [6.45, 7) is 0. The van der Waals surface area contributed by atoms with Crippen molar-refractivity contribution < 1.29 is 4.79 Å². The molecule has 0 aromatic heterocycles. The van der Waals surface area contributed by atoms with Gasteiger partial charge in [-0.25, -0.2) is 0 Å². The molecule has 0 amide bonds. The minimum atomic E-state index is -0.0902. The number of rotatable bonds is 3. The predicted octanol–water partition coefficient (Wildman–Crippen LogP) is 4.65. The van der Waals surface area contributed by atoms with Gasteiger partial charge in [0.05, 0.1) is 20.8 Å². The Labute approximate surface area is 126 Å². The number of carbonyl (C=O) groups excluding carboxylic acids is 1. The molecule has 5 heteroatoms. The number of nitrogen functional groups attached to an aromatic ring is 1. The number of benzene rings is 2. The number of nitrogens with two attached hydrogens (primary N) is 1. The van der Waals surface area contributed by atoms with E-state index in [2.05, 4.69) is 0 Å². The van der Waals surface area contributed by atoms with Crippen LogP contribution in [0.15, 0.2) is 36.4 Å². The third-order valence-electron chi connectivity index (χ3n) is 2.70. The molecule has 2 rings (SSSR count). The van der Waals surface area contributed by atoms with Crippen LogP contribution in [0.4, 0.5) is 5.69 Å². The third-order valence-corrected chi connectivity index (χ3v) is 3.90. The Kier molecular flexibility index (Phi) is 4.35. The van der Waals surface area contributed by atoms with Crippen molar-refractivity contribution in [2.75, 3.05) is 5.73 Å². The van der Waals surface area contributed by atoms with Gasteiger partial charge in [-0.05, 0) is 29.8 Å². The highest BCUT2D eigenvalue weighted by Crippen LogP contribution is 2.27. The summed E-state index contributed by atoms with van der Waals surface area (Å²) in [6, 6.07) is 10.0. The Morgan fingerprint density at radius 2 is 1.79 bits per heavy atom. The minimum Gasteiger partial charge on any atom is -0.398 e. The second-order valence-corrected chi connectivity index (χ2v) is 5.24. The highest BCUT2D eigenvalue weighted by atomic mass is 35.5. The number of anilines is 1. The largest absolute Gasteiger partial charge is 0.398 e. The van der Waals surface area contributed by atoms with Crippen molar-refractivity contribution >= 4 is 46.3 Å². The maximum Gasteiger partial charge on any atom is 0.167 e. The molecule has 0 saturated carbocycles. The molecule has 0 spiro atoms. The van der Waals surface area contributed by atoms with Gasteiger partial charge in [-0.3, -0.25) is 4.79 Å². The van der Waals surface area contributed by atoms with Crippen molar-refractivity contribution in [3.05, 3.63) is 62.6 Å². The van der Waals surface area contributed by atoms with E-state index in [0.717, 1.165) is 0 Å². The molecule has 19 heavy (non-hydrogen) atoms. The second kappa shape index (κ2) is 5.83. The summed E-state index contributed by atoms with van der Waals surface area (Å²) in [7, 11) is 0. The molecule has 0 unspecified atom stereocenters. The van der Waals surface area contributed by atoms with Crippen LogP contribution in [0.2, 0.25) is 15.1 Å². The van der Waals surface area contributed by atoms with Crippen LogP contribution in [0, 0.1) is 0 Å². The molecule has 98 valence electrons. The van der Waals surface area contributed by atoms with E-state index in [-0.39, 0.29) is 12.2 Å². The Hall–Kier alpha value is -1.22. The van der Waals surface area contributed by atoms with Gasteiger partial charge in [-0.1, -0.05) is 46.9 Å². The molecule has 0 heterocycles. The number of ketones is 1. The molecule has 2 aromatic rings. The summed E-state index contributed by atoms with van der Waals surface area (Å²) in [5.74, 6) is -0.0902. The number of hydrogen-bond acceptors (Lipinski definition) is 2. The zero-order chi connectivity index (χ0) is 14.0. The van der Waals surface area contributed by atoms with E-state index >= 15 is 0 Å². The number of hydrogen-bond donors (Lipinski definition) is 1. The second-order valence-electron chi connectivity index (χ2n) is 4.05. The van der Waals surface area contributed by atoms with Crippen LogP contribution < -0.4 is 5.73 Å². The molecule has 0 aliphatic carbocycles. The van der Waals surface area contributed by atoms with E-state index in [1.54, 1.807) is 36.4 Å². The lowest BCUT2D eigenvalue weighted by Crippen LogP contribution is -2.05. The summed E-state index contributed by atoms with van der Waals surface area (Å²) in [5.41, 5.74) is 7.24. The van der Waals surface area contributed by atoms with Crippen LogP contribution in [-0.2, 0) is 6.42 Å². The average molecular weight is 315 g/mol. The van der Waals surface area contributed by atoms with Gasteiger partial charge in [0, 0.05) is 12.0 Å². The Bertz CT molecular complexity index is 641. The minimum absolute atomic E-state index is 0.0902. The summed E-state index contributed by atoms with van der Waals surface area (Å²) < 4.78 is 0. The van der Waals surface area contributed by atoms with E-state index in [0.29, 0.717) is 31.9 Å². The van der Waals surface area contributed by atoms with E-state index < -0.39 is 0 Å². The van der Waals surface area contributed by atoms with E-state index in [1.165, 1.54) is 0 Å². The normalized spacial score (nSPS) is 10.5. The number of halogens is 3. The molecule has 0 atom stereocenters. The van der Waals surface area contributed by atoms with Crippen LogP contribution in [0.1, 0.15) is 15.9 Å². The maximum atomic E-state index is 12.1. The Balaban J connectivity index is 2.26. The number of Topliss-reactive ketones (excluding diaryl/α,β-unsaturated/α-hetero) is 1. The zero-order valence-electron chi connectivity index (χ0n) is 9.79. The molecule has 0 aliphatic heterocycles. The molecule has 2 nitrogen and oxygen atoms in total. The standard InChI is InChI=1S/C14H10Cl3NO/c15-10-5-4-8(6-12(10)18)13(19)7-9-2-1-3-11(16)14(9)17/h1-6H,7,18H2. The van der Waals surface area contributed by atoms with Gasteiger partial charge in [0.15, 0.2) is 5.78 Å².